The molecule has 0 saturated heterocycles. The van der Waals surface area contributed by atoms with Gasteiger partial charge in [-0.2, -0.15) is 13.2 Å². The highest BCUT2D eigenvalue weighted by atomic mass is 19.4. The van der Waals surface area contributed by atoms with Gasteiger partial charge in [0.25, 0.3) is 0 Å². The van der Waals surface area contributed by atoms with Gasteiger partial charge in [0.2, 0.25) is 0 Å². The van der Waals surface area contributed by atoms with Crippen LogP contribution in [0.1, 0.15) is 189 Å². The molecule has 0 atom stereocenters. The molecule has 0 bridgehead atoms. The summed E-state index contributed by atoms with van der Waals surface area (Å²) in [5.74, 6) is 2.11. The molecule has 1 nitrogen and oxygen atoms in total. The predicted molar refractivity (Wildman–Crippen MR) is 273 cm³/mol. The van der Waals surface area contributed by atoms with Crippen LogP contribution < -0.4 is 0 Å². The van der Waals surface area contributed by atoms with Crippen molar-refractivity contribution in [3.05, 3.63) is 137 Å². The quantitative estimate of drug-likeness (QED) is 0.0889. The molecule has 0 N–H and O–H groups in total. The number of alkyl halides is 3. The van der Waals surface area contributed by atoms with Crippen LogP contribution in [0.4, 0.5) is 26.3 Å². The summed E-state index contributed by atoms with van der Waals surface area (Å²) >= 11 is 0. The van der Waals surface area contributed by atoms with Crippen molar-refractivity contribution in [1.29, 1.82) is 0 Å². The second-order valence-electron chi connectivity index (χ2n) is 21.6. The Kier molecular flexibility index (Phi) is 20.0. The van der Waals surface area contributed by atoms with E-state index in [1.54, 1.807) is 11.6 Å². The second-order valence-corrected chi connectivity index (χ2v) is 21.6. The fourth-order valence-corrected chi connectivity index (χ4v) is 12.5. The van der Waals surface area contributed by atoms with Crippen LogP contribution in [-0.4, -0.2) is 12.7 Å². The van der Waals surface area contributed by atoms with Gasteiger partial charge in [0, 0.05) is 12.2 Å². The van der Waals surface area contributed by atoms with Crippen LogP contribution in [0.2, 0.25) is 0 Å². The first-order valence-corrected chi connectivity index (χ1v) is 27.1. The van der Waals surface area contributed by atoms with Crippen LogP contribution in [0.15, 0.2) is 97.6 Å². The first-order chi connectivity index (χ1) is 33.4. The van der Waals surface area contributed by atoms with Gasteiger partial charge in [-0.1, -0.05) is 92.3 Å². The number of ether oxygens (including phenoxy) is 1. The highest BCUT2D eigenvalue weighted by Gasteiger charge is 2.38. The molecule has 8 rings (SSSR count). The van der Waals surface area contributed by atoms with E-state index in [0.29, 0.717) is 36.0 Å². The Balaban J connectivity index is 0.000000204. The Bertz CT molecular complexity index is 2090. The third kappa shape index (κ3) is 15.3. The lowest BCUT2D eigenvalue weighted by Gasteiger charge is -2.38. The fourth-order valence-electron chi connectivity index (χ4n) is 12.5. The van der Waals surface area contributed by atoms with Gasteiger partial charge in [0.05, 0.1) is 6.10 Å². The minimum atomic E-state index is -5.16. The maximum Gasteiger partial charge on any atom is 0.422 e. The number of rotatable bonds is 14. The molecule has 0 heterocycles. The largest absolute Gasteiger partial charge is 0.422 e. The van der Waals surface area contributed by atoms with E-state index in [1.807, 2.05) is 0 Å². The highest BCUT2D eigenvalue weighted by Crippen LogP contribution is 2.44. The number of unbranched alkanes of at least 4 members (excludes halogenated alkanes) is 1. The van der Waals surface area contributed by atoms with Crippen LogP contribution in [-0.2, 0) is 10.9 Å². The van der Waals surface area contributed by atoms with Crippen LogP contribution in [0.3, 0.4) is 0 Å². The van der Waals surface area contributed by atoms with Crippen molar-refractivity contribution in [3.63, 3.8) is 0 Å². The van der Waals surface area contributed by atoms with Crippen molar-refractivity contribution < 1.29 is 31.1 Å². The molecule has 0 amide bonds. The van der Waals surface area contributed by atoms with E-state index >= 15 is 0 Å². The Labute approximate surface area is 411 Å². The lowest BCUT2D eigenvalue weighted by Crippen LogP contribution is -2.28. The van der Waals surface area contributed by atoms with E-state index in [9.17, 15) is 26.3 Å². The average Bonchev–Trinajstić information content (AvgIpc) is 3.36. The summed E-state index contributed by atoms with van der Waals surface area (Å²) < 4.78 is 87.3. The predicted octanol–water partition coefficient (Wildman–Crippen LogP) is 19.3. The van der Waals surface area contributed by atoms with Crippen molar-refractivity contribution in [2.24, 2.45) is 41.4 Å². The summed E-state index contributed by atoms with van der Waals surface area (Å²) in [4.78, 5) is 0. The van der Waals surface area contributed by atoms with E-state index in [0.717, 1.165) is 67.4 Å². The minimum absolute atomic E-state index is 0.122. The molecule has 5 saturated carbocycles. The van der Waals surface area contributed by atoms with E-state index in [4.69, 9.17) is 4.74 Å². The summed E-state index contributed by atoms with van der Waals surface area (Å²) in [5, 5.41) is 0. The molecule has 0 aliphatic heterocycles. The zero-order chi connectivity index (χ0) is 48.8. The molecule has 5 aliphatic carbocycles. The van der Waals surface area contributed by atoms with Crippen LogP contribution in [0.5, 0.6) is 0 Å². The Morgan fingerprint density at radius 1 is 0.551 bits per heavy atom. The smallest absolute Gasteiger partial charge is 0.378 e. The SMILES string of the molecule is C=CC1CCC(/C=C/C2CCC(c3ccc(-c4cc(F)c(C(F)(F)F)c(F)c4)c(F)c3)CC2)CC1.CC=CC1CCC(/C=C/c2ccc(C3CCC(C4CCC(OCCCC)CC4)CC3)cc2)CC1. The van der Waals surface area contributed by atoms with Crippen molar-refractivity contribution in [2.45, 2.75) is 179 Å². The molecule has 5 fully saturated rings. The van der Waals surface area contributed by atoms with Gasteiger partial charge >= 0.3 is 6.18 Å². The molecule has 5 aliphatic rings. The summed E-state index contributed by atoms with van der Waals surface area (Å²) in [6.07, 6.45) is 39.3. The van der Waals surface area contributed by atoms with Gasteiger partial charge < -0.3 is 4.74 Å². The molecule has 0 unspecified atom stereocenters. The maximum atomic E-state index is 14.9. The van der Waals surface area contributed by atoms with Crippen LogP contribution in [0.25, 0.3) is 17.2 Å². The lowest BCUT2D eigenvalue weighted by atomic mass is 9.69. The van der Waals surface area contributed by atoms with Gasteiger partial charge in [-0.25, -0.2) is 13.2 Å². The maximum absolute atomic E-state index is 14.9. The second kappa shape index (κ2) is 26.0. The molecular formula is C62H80F6O. The molecule has 376 valence electrons. The fraction of sp³-hybridized carbons (Fsp3) is 0.581. The zero-order valence-electron chi connectivity index (χ0n) is 41.7. The molecule has 69 heavy (non-hydrogen) atoms. The summed E-state index contributed by atoms with van der Waals surface area (Å²) in [7, 11) is 0. The minimum Gasteiger partial charge on any atom is -0.378 e. The molecule has 7 heteroatoms. The van der Waals surface area contributed by atoms with Gasteiger partial charge in [-0.3, -0.25) is 0 Å². The normalized spacial score (nSPS) is 29.3. The molecule has 0 radical (unpaired) electrons. The van der Waals surface area contributed by atoms with Crippen molar-refractivity contribution in [3.8, 4) is 11.1 Å². The number of hydrogen-bond donors (Lipinski definition) is 0. The average molecular weight is 955 g/mol. The molecule has 3 aromatic carbocycles. The Morgan fingerprint density at radius 3 is 1.55 bits per heavy atom. The summed E-state index contributed by atoms with van der Waals surface area (Å²) in [5.41, 5.74) is 1.43. The van der Waals surface area contributed by atoms with Crippen molar-refractivity contribution >= 4 is 6.08 Å². The number of benzene rings is 3. The van der Waals surface area contributed by atoms with Gasteiger partial charge in [-0.05, 0) is 235 Å². The van der Waals surface area contributed by atoms with Gasteiger partial charge in [0.15, 0.2) is 0 Å². The molecule has 3 aromatic rings. The van der Waals surface area contributed by atoms with Crippen LogP contribution in [0, 0.1) is 58.9 Å². The summed E-state index contributed by atoms with van der Waals surface area (Å²) in [6.45, 7) is 9.27. The first kappa shape index (κ1) is 53.0. The molecule has 0 spiro atoms. The first-order valence-electron chi connectivity index (χ1n) is 27.1. The number of halogens is 6. The van der Waals surface area contributed by atoms with E-state index in [2.05, 4.69) is 87.2 Å². The van der Waals surface area contributed by atoms with Gasteiger partial charge in [-0.15, -0.1) is 6.58 Å². The zero-order valence-corrected chi connectivity index (χ0v) is 41.7. The molecular weight excluding hydrogens is 875 g/mol. The van der Waals surface area contributed by atoms with E-state index in [-0.39, 0.29) is 17.0 Å². The Morgan fingerprint density at radius 2 is 1.03 bits per heavy atom. The van der Waals surface area contributed by atoms with E-state index < -0.39 is 29.2 Å². The van der Waals surface area contributed by atoms with Crippen molar-refractivity contribution in [1.82, 2.24) is 0 Å². The van der Waals surface area contributed by atoms with E-state index in [1.165, 1.54) is 133 Å². The number of allylic oxidation sites excluding steroid dienone is 6. The van der Waals surface area contributed by atoms with Crippen LogP contribution >= 0.6 is 0 Å². The molecule has 0 aromatic heterocycles. The standard InChI is InChI=1S/C33H50O.C29H30F6/c1-3-5-25-34-33-23-21-32(22-24-33)31-19-17-30(18-20-31)29-15-13-28(14-16-29)12-11-27-9-7-26(6-4-2)8-10-27;1-2-18-3-5-19(6-4-18)7-8-20-9-11-21(12-10-20)22-13-14-24(25(30)15-22)23-16-26(31)28(27(32)17-23)29(33,34)35/h4,6,11-16,26-27,30-33H,3,5,7-10,17-25H2,1-2H3;2,7-8,13-21H,1,3-6,9-12H2/b6-4?,12-11+;8-7+. The summed E-state index contributed by atoms with van der Waals surface area (Å²) in [6, 6.07) is 15.1. The monoisotopic (exact) mass is 955 g/mol. The van der Waals surface area contributed by atoms with Crippen molar-refractivity contribution in [2.75, 3.05) is 6.61 Å². The van der Waals surface area contributed by atoms with Gasteiger partial charge in [0.1, 0.15) is 23.0 Å². The third-order valence-corrected chi connectivity index (χ3v) is 16.9. The lowest BCUT2D eigenvalue weighted by molar-refractivity contribution is -0.142. The third-order valence-electron chi connectivity index (χ3n) is 16.9. The highest BCUT2D eigenvalue weighted by molar-refractivity contribution is 5.65. The number of hydrogen-bond acceptors (Lipinski definition) is 1. The topological polar surface area (TPSA) is 9.23 Å². The Hall–Kier alpha value is -3.84.